The van der Waals surface area contributed by atoms with Crippen molar-refractivity contribution in [1.29, 1.82) is 0 Å². The van der Waals surface area contributed by atoms with Gasteiger partial charge in [-0.1, -0.05) is 6.58 Å². The minimum atomic E-state index is -0.507. The fourth-order valence-corrected chi connectivity index (χ4v) is 0.280. The lowest BCUT2D eigenvalue weighted by Crippen LogP contribution is -2.19. The van der Waals surface area contributed by atoms with Crippen LogP contribution >= 0.6 is 0 Å². The van der Waals surface area contributed by atoms with E-state index in [0.717, 1.165) is 0 Å². The molecule has 0 aliphatic carbocycles. The summed E-state index contributed by atoms with van der Waals surface area (Å²) < 4.78 is 4.60. The molecule has 3 heteroatoms. The van der Waals surface area contributed by atoms with Crippen LogP contribution in [-0.2, 0) is 4.74 Å². The minimum absolute atomic E-state index is 0.178. The van der Waals surface area contributed by atoms with Gasteiger partial charge in [0.25, 0.3) is 0 Å². The zero-order valence-electron chi connectivity index (χ0n) is 4.58. The molecule has 3 nitrogen and oxygen atoms in total. The lowest BCUT2D eigenvalue weighted by molar-refractivity contribution is 0.0327. The molecule has 0 saturated heterocycles. The minimum Gasteiger partial charge on any atom is -0.494 e. The quantitative estimate of drug-likeness (QED) is 0.489. The highest BCUT2D eigenvalue weighted by atomic mass is 16.5. The average Bonchev–Trinajstić information content (AvgIpc) is 1.83. The first-order chi connectivity index (χ1) is 3.85. The molecule has 0 saturated carbocycles. The number of ether oxygens (including phenoxy) is 1. The molecule has 0 radical (unpaired) electrons. The topological polar surface area (TPSA) is 49.7 Å². The molecule has 0 aromatic heterocycles. The Hall–Kier alpha value is -0.540. The van der Waals surface area contributed by atoms with E-state index in [1.807, 2.05) is 0 Å². The van der Waals surface area contributed by atoms with Crippen molar-refractivity contribution in [3.63, 3.8) is 0 Å². The number of hydrogen-bond donors (Lipinski definition) is 2. The predicted molar refractivity (Wildman–Crippen MR) is 29.2 cm³/mol. The molecule has 0 bridgehead atoms. The largest absolute Gasteiger partial charge is 0.494 e. The van der Waals surface area contributed by atoms with E-state index in [-0.39, 0.29) is 13.2 Å². The lowest BCUT2D eigenvalue weighted by atomic mass is 10.4. The van der Waals surface area contributed by atoms with Crippen LogP contribution in [0.4, 0.5) is 0 Å². The van der Waals surface area contributed by atoms with Crippen LogP contribution < -0.4 is 0 Å². The smallest absolute Gasteiger partial charge is 0.144 e. The maximum absolute atomic E-state index is 8.32. The molecule has 0 rings (SSSR count). The van der Waals surface area contributed by atoms with Crippen LogP contribution in [0.1, 0.15) is 0 Å². The Morgan fingerprint density at radius 2 is 2.00 bits per heavy atom. The van der Waals surface area contributed by atoms with Gasteiger partial charge in [0.15, 0.2) is 0 Å². The Labute approximate surface area is 48.2 Å². The molecule has 0 aliphatic heterocycles. The van der Waals surface area contributed by atoms with Crippen LogP contribution in [0.3, 0.4) is 0 Å². The third-order valence-electron chi connectivity index (χ3n) is 0.696. The van der Waals surface area contributed by atoms with Gasteiger partial charge in [0.05, 0.1) is 19.5 Å². The molecule has 0 heterocycles. The summed E-state index contributed by atoms with van der Waals surface area (Å²) in [6.45, 7) is 2.90. The average molecular weight is 118 g/mol. The van der Waals surface area contributed by atoms with E-state index in [1.165, 1.54) is 6.26 Å². The Balaban J connectivity index is 3.20. The highest BCUT2D eigenvalue weighted by Gasteiger charge is 2.00. The van der Waals surface area contributed by atoms with Crippen molar-refractivity contribution in [1.82, 2.24) is 0 Å². The van der Waals surface area contributed by atoms with E-state index in [2.05, 4.69) is 11.3 Å². The van der Waals surface area contributed by atoms with Crippen LogP contribution in [0.2, 0.25) is 0 Å². The van der Waals surface area contributed by atoms with Crippen molar-refractivity contribution >= 4 is 0 Å². The number of rotatable bonds is 4. The van der Waals surface area contributed by atoms with Gasteiger partial charge in [-0.25, -0.2) is 0 Å². The number of aliphatic hydroxyl groups excluding tert-OH is 2. The van der Waals surface area contributed by atoms with Gasteiger partial charge in [-0.05, 0) is 0 Å². The van der Waals surface area contributed by atoms with Crippen LogP contribution in [0.15, 0.2) is 12.8 Å². The third-order valence-corrected chi connectivity index (χ3v) is 0.696. The van der Waals surface area contributed by atoms with E-state index in [0.29, 0.717) is 0 Å². The summed E-state index contributed by atoms with van der Waals surface area (Å²) in [6.07, 6.45) is 0.685. The first kappa shape index (κ1) is 7.46. The van der Waals surface area contributed by atoms with Gasteiger partial charge in [-0.2, -0.15) is 0 Å². The van der Waals surface area contributed by atoms with Gasteiger partial charge in [-0.15, -0.1) is 0 Å². The van der Waals surface area contributed by atoms with E-state index in [9.17, 15) is 0 Å². The third kappa shape index (κ3) is 2.60. The van der Waals surface area contributed by atoms with Crippen molar-refractivity contribution in [2.45, 2.75) is 6.10 Å². The summed E-state index contributed by atoms with van der Waals surface area (Å²) in [5.41, 5.74) is 0. The Kier molecular flexibility index (Phi) is 4.30. The van der Waals surface area contributed by atoms with Crippen molar-refractivity contribution in [3.05, 3.63) is 12.8 Å². The van der Waals surface area contributed by atoms with Gasteiger partial charge in [0, 0.05) is 0 Å². The molecule has 48 valence electrons. The van der Waals surface area contributed by atoms with Crippen LogP contribution in [-0.4, -0.2) is 29.5 Å². The molecule has 0 spiro atoms. The first-order valence-electron chi connectivity index (χ1n) is 2.33. The zero-order valence-corrected chi connectivity index (χ0v) is 4.58. The maximum atomic E-state index is 8.32. The molecule has 0 fully saturated rings. The Morgan fingerprint density at radius 3 is 2.12 bits per heavy atom. The fourth-order valence-electron chi connectivity index (χ4n) is 0.280. The van der Waals surface area contributed by atoms with E-state index in [1.54, 1.807) is 0 Å². The second-order valence-corrected chi connectivity index (χ2v) is 1.29. The number of hydrogen-bond acceptors (Lipinski definition) is 3. The van der Waals surface area contributed by atoms with Gasteiger partial charge >= 0.3 is 0 Å². The molecule has 0 aromatic rings. The SMILES string of the molecule is C=COC(CO)CO. The molecular formula is C5H10O3. The zero-order chi connectivity index (χ0) is 6.41. The molecule has 0 aromatic carbocycles. The summed E-state index contributed by atoms with van der Waals surface area (Å²) in [4.78, 5) is 0. The van der Waals surface area contributed by atoms with Gasteiger partial charge in [-0.3, -0.25) is 0 Å². The van der Waals surface area contributed by atoms with Crippen molar-refractivity contribution < 1.29 is 14.9 Å². The van der Waals surface area contributed by atoms with Crippen molar-refractivity contribution in [2.24, 2.45) is 0 Å². The van der Waals surface area contributed by atoms with Crippen LogP contribution in [0.25, 0.3) is 0 Å². The summed E-state index contributed by atoms with van der Waals surface area (Å²) in [5.74, 6) is 0. The van der Waals surface area contributed by atoms with E-state index < -0.39 is 6.10 Å². The Bertz CT molecular complexity index is 58.7. The molecule has 0 unspecified atom stereocenters. The second kappa shape index (κ2) is 4.61. The summed E-state index contributed by atoms with van der Waals surface area (Å²) >= 11 is 0. The molecule has 0 amide bonds. The maximum Gasteiger partial charge on any atom is 0.144 e. The molecule has 8 heavy (non-hydrogen) atoms. The van der Waals surface area contributed by atoms with E-state index >= 15 is 0 Å². The monoisotopic (exact) mass is 118 g/mol. The fraction of sp³-hybridized carbons (Fsp3) is 0.600. The standard InChI is InChI=1S/C5H10O3/c1-2-8-5(3-6)4-7/h2,5-7H,1,3-4H2. The summed E-state index contributed by atoms with van der Waals surface area (Å²) in [5, 5.41) is 16.6. The van der Waals surface area contributed by atoms with Gasteiger partial charge in [0.2, 0.25) is 0 Å². The van der Waals surface area contributed by atoms with Crippen molar-refractivity contribution in [3.8, 4) is 0 Å². The molecule has 0 aliphatic rings. The van der Waals surface area contributed by atoms with Crippen LogP contribution in [0, 0.1) is 0 Å². The normalized spacial score (nSPS) is 9.38. The van der Waals surface area contributed by atoms with Gasteiger partial charge < -0.3 is 14.9 Å². The van der Waals surface area contributed by atoms with Crippen LogP contribution in [0.5, 0.6) is 0 Å². The molecular weight excluding hydrogens is 108 g/mol. The predicted octanol–water partition coefficient (Wildman–Crippen LogP) is -0.500. The lowest BCUT2D eigenvalue weighted by Gasteiger charge is -2.08. The van der Waals surface area contributed by atoms with E-state index in [4.69, 9.17) is 10.2 Å². The first-order valence-corrected chi connectivity index (χ1v) is 2.33. The summed E-state index contributed by atoms with van der Waals surface area (Å²) in [6, 6.07) is 0. The number of aliphatic hydroxyl groups is 2. The highest BCUT2D eigenvalue weighted by molar-refractivity contribution is 4.58. The van der Waals surface area contributed by atoms with Crippen molar-refractivity contribution in [2.75, 3.05) is 13.2 Å². The molecule has 0 atom stereocenters. The second-order valence-electron chi connectivity index (χ2n) is 1.29. The molecule has 2 N–H and O–H groups in total. The highest BCUT2D eigenvalue weighted by Crippen LogP contribution is 1.87. The Morgan fingerprint density at radius 1 is 1.50 bits per heavy atom. The van der Waals surface area contributed by atoms with Gasteiger partial charge in [0.1, 0.15) is 6.10 Å². The summed E-state index contributed by atoms with van der Waals surface area (Å²) in [7, 11) is 0.